The number of halogens is 1. The fourth-order valence-electron chi connectivity index (χ4n) is 1.95. The van der Waals surface area contributed by atoms with Crippen LogP contribution in [0.5, 0.6) is 0 Å². The van der Waals surface area contributed by atoms with Gasteiger partial charge in [0.05, 0.1) is 4.92 Å². The average molecular weight is 268 g/mol. The number of nitrogens with one attached hydrogen (secondary N) is 1. The molecule has 0 aromatic heterocycles. The minimum absolute atomic E-state index is 0.0934. The Morgan fingerprint density at radius 2 is 2.11 bits per heavy atom. The largest absolute Gasteiger partial charge is 0.381 e. The van der Waals surface area contributed by atoms with Crippen molar-refractivity contribution in [3.63, 3.8) is 0 Å². The molecule has 1 fully saturated rings. The van der Waals surface area contributed by atoms with Crippen molar-refractivity contribution in [3.05, 3.63) is 39.7 Å². The highest BCUT2D eigenvalue weighted by Gasteiger charge is 2.23. The van der Waals surface area contributed by atoms with E-state index in [0.29, 0.717) is 26.1 Å². The monoisotopic (exact) mass is 268 g/mol. The second kappa shape index (κ2) is 5.75. The molecule has 0 atom stereocenters. The molecule has 1 amide bonds. The zero-order chi connectivity index (χ0) is 13.8. The van der Waals surface area contributed by atoms with Gasteiger partial charge in [0, 0.05) is 25.3 Å². The van der Waals surface area contributed by atoms with Gasteiger partial charge in [-0.25, -0.2) is 4.39 Å². The van der Waals surface area contributed by atoms with E-state index in [1.165, 1.54) is 0 Å². The number of rotatable bonds is 3. The number of nitrogens with zero attached hydrogens (tertiary/aromatic N) is 1. The molecule has 102 valence electrons. The Kier molecular flexibility index (Phi) is 4.06. The Hall–Kier alpha value is -2.02. The lowest BCUT2D eigenvalue weighted by molar-refractivity contribution is -0.385. The molecule has 1 aliphatic rings. The molecular formula is C12H13FN2O4. The molecule has 1 heterocycles. The fraction of sp³-hybridized carbons (Fsp3) is 0.417. The summed E-state index contributed by atoms with van der Waals surface area (Å²) >= 11 is 0. The second-order valence-electron chi connectivity index (χ2n) is 4.28. The maximum atomic E-state index is 13.1. The Morgan fingerprint density at radius 1 is 1.42 bits per heavy atom. The molecule has 19 heavy (non-hydrogen) atoms. The third-order valence-electron chi connectivity index (χ3n) is 2.96. The maximum Gasteiger partial charge on any atom is 0.282 e. The van der Waals surface area contributed by atoms with E-state index in [-0.39, 0.29) is 11.6 Å². The van der Waals surface area contributed by atoms with E-state index in [9.17, 15) is 19.3 Å². The summed E-state index contributed by atoms with van der Waals surface area (Å²) in [7, 11) is 0. The van der Waals surface area contributed by atoms with Crippen molar-refractivity contribution in [2.45, 2.75) is 18.9 Å². The van der Waals surface area contributed by atoms with Gasteiger partial charge in [-0.05, 0) is 25.0 Å². The Bertz CT molecular complexity index is 501. The molecule has 1 aromatic rings. The lowest BCUT2D eigenvalue weighted by Crippen LogP contribution is -2.39. The third-order valence-corrected chi connectivity index (χ3v) is 2.96. The molecule has 1 saturated heterocycles. The van der Waals surface area contributed by atoms with Crippen molar-refractivity contribution in [3.8, 4) is 0 Å². The summed E-state index contributed by atoms with van der Waals surface area (Å²) in [6.07, 6.45) is 1.30. The third kappa shape index (κ3) is 3.25. The Balaban J connectivity index is 2.17. The van der Waals surface area contributed by atoms with Gasteiger partial charge in [-0.15, -0.1) is 0 Å². The number of hydrogen-bond donors (Lipinski definition) is 1. The van der Waals surface area contributed by atoms with Crippen molar-refractivity contribution in [1.29, 1.82) is 0 Å². The smallest absolute Gasteiger partial charge is 0.282 e. The van der Waals surface area contributed by atoms with Crippen LogP contribution in [0.4, 0.5) is 10.1 Å². The van der Waals surface area contributed by atoms with Gasteiger partial charge in [0.1, 0.15) is 11.4 Å². The number of hydrogen-bond acceptors (Lipinski definition) is 4. The first-order chi connectivity index (χ1) is 9.08. The molecule has 6 nitrogen and oxygen atoms in total. The predicted octanol–water partition coefficient (Wildman–Crippen LogP) is 1.64. The van der Waals surface area contributed by atoms with E-state index < -0.39 is 22.3 Å². The van der Waals surface area contributed by atoms with Gasteiger partial charge in [-0.2, -0.15) is 0 Å². The first-order valence-corrected chi connectivity index (χ1v) is 5.90. The molecule has 0 unspecified atom stereocenters. The van der Waals surface area contributed by atoms with E-state index in [4.69, 9.17) is 4.74 Å². The molecule has 0 aliphatic carbocycles. The van der Waals surface area contributed by atoms with E-state index >= 15 is 0 Å². The number of carbonyl (C=O) groups excluding carboxylic acids is 1. The highest BCUT2D eigenvalue weighted by atomic mass is 19.1. The number of amides is 1. The Labute approximate surface area is 108 Å². The highest BCUT2D eigenvalue weighted by Crippen LogP contribution is 2.20. The van der Waals surface area contributed by atoms with Crippen LogP contribution in [0, 0.1) is 15.9 Å². The number of ether oxygens (including phenoxy) is 1. The number of nitro groups is 1. The van der Waals surface area contributed by atoms with Gasteiger partial charge in [-0.1, -0.05) is 0 Å². The molecule has 1 aliphatic heterocycles. The molecular weight excluding hydrogens is 255 g/mol. The molecule has 1 N–H and O–H groups in total. The van der Waals surface area contributed by atoms with Crippen LogP contribution in [0.1, 0.15) is 23.2 Å². The average Bonchev–Trinajstić information content (AvgIpc) is 2.39. The topological polar surface area (TPSA) is 81.5 Å². The highest BCUT2D eigenvalue weighted by molar-refractivity contribution is 5.98. The van der Waals surface area contributed by atoms with Crippen LogP contribution in [0.15, 0.2) is 18.2 Å². The zero-order valence-electron chi connectivity index (χ0n) is 10.1. The summed E-state index contributed by atoms with van der Waals surface area (Å²) in [5.41, 5.74) is -0.651. The molecule has 0 saturated carbocycles. The molecule has 1 aromatic carbocycles. The van der Waals surface area contributed by atoms with Gasteiger partial charge in [-0.3, -0.25) is 14.9 Å². The van der Waals surface area contributed by atoms with Crippen LogP contribution < -0.4 is 5.32 Å². The van der Waals surface area contributed by atoms with Gasteiger partial charge in [0.2, 0.25) is 0 Å². The zero-order valence-corrected chi connectivity index (χ0v) is 10.1. The van der Waals surface area contributed by atoms with Crippen LogP contribution in [0.25, 0.3) is 0 Å². The maximum absolute atomic E-state index is 13.1. The molecule has 0 spiro atoms. The van der Waals surface area contributed by atoms with Crippen molar-refractivity contribution in [2.75, 3.05) is 13.2 Å². The minimum Gasteiger partial charge on any atom is -0.381 e. The summed E-state index contributed by atoms with van der Waals surface area (Å²) < 4.78 is 18.3. The van der Waals surface area contributed by atoms with E-state index in [0.717, 1.165) is 18.2 Å². The first-order valence-electron chi connectivity index (χ1n) is 5.90. The molecule has 2 rings (SSSR count). The van der Waals surface area contributed by atoms with Crippen LogP contribution in [0.2, 0.25) is 0 Å². The molecule has 7 heteroatoms. The lowest BCUT2D eigenvalue weighted by atomic mass is 10.1. The van der Waals surface area contributed by atoms with Crippen molar-refractivity contribution < 1.29 is 18.8 Å². The van der Waals surface area contributed by atoms with Gasteiger partial charge in [0.15, 0.2) is 0 Å². The van der Waals surface area contributed by atoms with Crippen LogP contribution in [-0.2, 0) is 4.74 Å². The van der Waals surface area contributed by atoms with Gasteiger partial charge >= 0.3 is 0 Å². The molecule has 0 radical (unpaired) electrons. The van der Waals surface area contributed by atoms with Crippen molar-refractivity contribution >= 4 is 11.6 Å². The first kappa shape index (κ1) is 13.4. The summed E-state index contributed by atoms with van der Waals surface area (Å²) in [5.74, 6) is -1.30. The van der Waals surface area contributed by atoms with E-state index in [2.05, 4.69) is 5.32 Å². The molecule has 0 bridgehead atoms. The fourth-order valence-corrected chi connectivity index (χ4v) is 1.95. The van der Waals surface area contributed by atoms with Crippen LogP contribution in [-0.4, -0.2) is 30.1 Å². The summed E-state index contributed by atoms with van der Waals surface area (Å²) in [6.45, 7) is 1.08. The van der Waals surface area contributed by atoms with Crippen molar-refractivity contribution in [1.82, 2.24) is 5.32 Å². The van der Waals surface area contributed by atoms with Crippen molar-refractivity contribution in [2.24, 2.45) is 0 Å². The number of nitro benzene ring substituents is 1. The van der Waals surface area contributed by atoms with E-state index in [1.807, 2.05) is 0 Å². The standard InChI is InChI=1S/C12H13FN2O4/c13-8-1-2-11(15(17)18)10(7-8)12(16)14-9-3-5-19-6-4-9/h1-2,7,9H,3-6H2,(H,14,16). The summed E-state index contributed by atoms with van der Waals surface area (Å²) in [6, 6.07) is 2.74. The second-order valence-corrected chi connectivity index (χ2v) is 4.28. The van der Waals surface area contributed by atoms with Crippen LogP contribution in [0.3, 0.4) is 0 Å². The Morgan fingerprint density at radius 3 is 2.74 bits per heavy atom. The number of benzene rings is 1. The number of carbonyl (C=O) groups is 1. The lowest BCUT2D eigenvalue weighted by Gasteiger charge is -2.23. The quantitative estimate of drug-likeness (QED) is 0.667. The summed E-state index contributed by atoms with van der Waals surface area (Å²) in [5, 5.41) is 13.5. The predicted molar refractivity (Wildman–Crippen MR) is 64.4 cm³/mol. The van der Waals surface area contributed by atoms with E-state index in [1.54, 1.807) is 0 Å². The van der Waals surface area contributed by atoms with Gasteiger partial charge in [0.25, 0.3) is 11.6 Å². The SMILES string of the molecule is O=C(NC1CCOCC1)c1cc(F)ccc1[N+](=O)[O-]. The minimum atomic E-state index is -0.696. The normalized spacial score (nSPS) is 16.1. The van der Waals surface area contributed by atoms with Gasteiger partial charge < -0.3 is 10.1 Å². The van der Waals surface area contributed by atoms with Crippen LogP contribution >= 0.6 is 0 Å². The summed E-state index contributed by atoms with van der Waals surface area (Å²) in [4.78, 5) is 22.1.